The quantitative estimate of drug-likeness (QED) is 0.0670. The zero-order valence-electron chi connectivity index (χ0n) is 26.4. The minimum absolute atomic E-state index is 0. The van der Waals surface area contributed by atoms with E-state index in [9.17, 15) is 14.7 Å². The van der Waals surface area contributed by atoms with Crippen LogP contribution in [-0.2, 0) is 33.5 Å². The van der Waals surface area contributed by atoms with Crippen LogP contribution < -0.4 is 113 Å². The Bertz CT molecular complexity index is 1340. The summed E-state index contributed by atoms with van der Waals surface area (Å²) in [6.07, 6.45) is 2.56. The molecule has 0 bridgehead atoms. The third-order valence-corrected chi connectivity index (χ3v) is 5.75. The number of phenolic OH excluding ortho intramolecular Hbond substituents is 1. The van der Waals surface area contributed by atoms with Gasteiger partial charge in [-0.15, -0.1) is 0 Å². The van der Waals surface area contributed by atoms with Gasteiger partial charge in [0.1, 0.15) is 16.8 Å². The summed E-state index contributed by atoms with van der Waals surface area (Å²) in [4.78, 5) is 32.1. The Morgan fingerprint density at radius 2 is 1.32 bits per heavy atom. The van der Waals surface area contributed by atoms with Gasteiger partial charge in [-0.3, -0.25) is 9.59 Å². The van der Waals surface area contributed by atoms with Crippen LogP contribution in [0.2, 0.25) is 0 Å². The second-order valence-electron chi connectivity index (χ2n) is 8.06. The summed E-state index contributed by atoms with van der Waals surface area (Å²) in [7, 11) is 2.69. The van der Waals surface area contributed by atoms with E-state index in [0.29, 0.717) is 11.5 Å². The van der Waals surface area contributed by atoms with Crippen molar-refractivity contribution in [2.45, 2.75) is 12.8 Å². The van der Waals surface area contributed by atoms with Crippen molar-refractivity contribution >= 4 is 55.9 Å². The average Bonchev–Trinajstić information content (AvgIpc) is 3.65. The predicted molar refractivity (Wildman–Crippen MR) is 161 cm³/mol. The number of alkyl halides is 1. The third-order valence-electron chi connectivity index (χ3n) is 5.29. The topological polar surface area (TPSA) is 141 Å². The molecule has 4 aromatic carbocycles. The minimum Gasteiger partial charge on any atom is -1.00 e. The molecule has 0 amide bonds. The number of hydrogen-bond donors (Lipinski definition) is 1. The van der Waals surface area contributed by atoms with Crippen molar-refractivity contribution < 1.29 is 153 Å². The normalized spacial score (nSPS) is 10.5. The molecule has 1 saturated heterocycles. The van der Waals surface area contributed by atoms with Crippen LogP contribution in [0.1, 0.15) is 14.3 Å². The number of methoxy groups -OCH3 is 2. The molecular formula is C31H35BrK2O10. The van der Waals surface area contributed by atoms with E-state index in [4.69, 9.17) is 19.5 Å². The van der Waals surface area contributed by atoms with Gasteiger partial charge in [0.15, 0.2) is 6.61 Å². The fraction of sp³-hybridized carbons (Fsp3) is 0.258. The molecule has 0 atom stereocenters. The number of carbonyl (C=O) groups is 3. The fourth-order valence-electron chi connectivity index (χ4n) is 3.29. The van der Waals surface area contributed by atoms with Crippen LogP contribution in [-0.4, -0.2) is 62.9 Å². The van der Waals surface area contributed by atoms with E-state index in [1.807, 2.05) is 78.9 Å². The molecule has 0 aromatic heterocycles. The molecule has 1 fully saturated rings. The summed E-state index contributed by atoms with van der Waals surface area (Å²) in [6, 6.07) is 26.9. The summed E-state index contributed by atoms with van der Waals surface area (Å²) in [5.41, 5.74) is 0. The number of ether oxygens (including phenoxy) is 4. The maximum absolute atomic E-state index is 11.0. The summed E-state index contributed by atoms with van der Waals surface area (Å²) in [6.45, 7) is 1.75. The van der Waals surface area contributed by atoms with Crippen molar-refractivity contribution in [2.24, 2.45) is 0 Å². The van der Waals surface area contributed by atoms with Crippen LogP contribution in [0.25, 0.3) is 21.5 Å². The summed E-state index contributed by atoms with van der Waals surface area (Å²) < 4.78 is 19.1. The molecule has 10 nitrogen and oxygen atoms in total. The van der Waals surface area contributed by atoms with Crippen molar-refractivity contribution in [3.8, 4) is 11.5 Å². The third kappa shape index (κ3) is 19.6. The van der Waals surface area contributed by atoms with Gasteiger partial charge < -0.3 is 35.6 Å². The second kappa shape index (κ2) is 29.5. The Hall–Kier alpha value is -0.917. The van der Waals surface area contributed by atoms with Crippen molar-refractivity contribution in [1.29, 1.82) is 0 Å². The Kier molecular flexibility index (Phi) is 30.3. The number of esters is 2. The van der Waals surface area contributed by atoms with E-state index in [1.54, 1.807) is 6.07 Å². The Morgan fingerprint density at radius 3 is 1.75 bits per heavy atom. The minimum atomic E-state index is -0.382. The number of phenols is 1. The first kappa shape index (κ1) is 45.2. The van der Waals surface area contributed by atoms with E-state index in [-0.39, 0.29) is 135 Å². The molecule has 5 rings (SSSR count). The summed E-state index contributed by atoms with van der Waals surface area (Å²) >= 11 is 2.90. The smallest absolute Gasteiger partial charge is 1.00 e. The van der Waals surface area contributed by atoms with E-state index in [1.165, 1.54) is 27.1 Å². The van der Waals surface area contributed by atoms with E-state index in [0.717, 1.165) is 34.8 Å². The maximum atomic E-state index is 11.0. The molecule has 0 spiro atoms. The average molecular weight is 726 g/mol. The van der Waals surface area contributed by atoms with Gasteiger partial charge in [-0.25, -0.2) is 4.79 Å². The number of rotatable bonds is 5. The number of benzene rings is 4. The van der Waals surface area contributed by atoms with Gasteiger partial charge in [-0.05, 0) is 35.7 Å². The van der Waals surface area contributed by atoms with Gasteiger partial charge in [0.05, 0.1) is 14.2 Å². The molecular weight excluding hydrogens is 690 g/mol. The molecule has 0 unspecified atom stereocenters. The number of carbonyl (C=O) groups excluding carboxylic acids is 3. The number of fused-ring (bicyclic) bond motifs is 2. The van der Waals surface area contributed by atoms with Crippen molar-refractivity contribution in [3.05, 3.63) is 84.9 Å². The molecule has 13 heteroatoms. The van der Waals surface area contributed by atoms with Gasteiger partial charge in [0, 0.05) is 24.0 Å². The van der Waals surface area contributed by atoms with Gasteiger partial charge in [0.2, 0.25) is 0 Å². The van der Waals surface area contributed by atoms with Crippen LogP contribution in [0.3, 0.4) is 0 Å². The zero-order chi connectivity index (χ0) is 31.0. The van der Waals surface area contributed by atoms with Crippen LogP contribution in [0.5, 0.6) is 11.5 Å². The first-order valence-electron chi connectivity index (χ1n) is 12.7. The molecule has 1 N–H and O–H groups in total. The monoisotopic (exact) mass is 724 g/mol. The van der Waals surface area contributed by atoms with Crippen molar-refractivity contribution in [3.63, 3.8) is 0 Å². The molecule has 0 aliphatic carbocycles. The second-order valence-corrected chi connectivity index (χ2v) is 8.62. The Labute approximate surface area is 352 Å². The molecule has 4 aromatic rings. The van der Waals surface area contributed by atoms with Crippen LogP contribution in [0, 0.1) is 0 Å². The fourth-order valence-corrected chi connectivity index (χ4v) is 3.52. The number of aromatic hydroxyl groups is 1. The van der Waals surface area contributed by atoms with Crippen molar-refractivity contribution in [2.75, 3.05) is 39.4 Å². The molecule has 0 radical (unpaired) electrons. The van der Waals surface area contributed by atoms with Crippen molar-refractivity contribution in [1.82, 2.24) is 0 Å². The number of halogens is 1. The Balaban J connectivity index is -0.000000532. The standard InChI is InChI=1S/C13H12O3.C10H8O.C4H8O.C3H5BrO2.CH2O3.2K.H/c1-15-13(14)9-16-12-8-4-6-10-5-2-3-7-11(10)12;11-10-7-3-5-8-4-1-2-6-9(8)10;1-2-4-5-3-1;1-6-3(5)2-4;2-1-4-3;;;/h2-8H,9H2,1H3;1-7,11H;1-4H2;2H2,1H3;1,3H;;;/q;;;;;2*+1;-1/p-1. The molecule has 1 aliphatic heterocycles. The van der Waals surface area contributed by atoms with Crippen LogP contribution in [0.15, 0.2) is 84.9 Å². The maximum Gasteiger partial charge on any atom is 1.00 e. The van der Waals surface area contributed by atoms with Gasteiger partial charge >= 0.3 is 115 Å². The molecule has 1 heterocycles. The van der Waals surface area contributed by atoms with Gasteiger partial charge in [-0.1, -0.05) is 88.7 Å². The van der Waals surface area contributed by atoms with Gasteiger partial charge in [-0.2, -0.15) is 0 Å². The largest absolute Gasteiger partial charge is 1.00 e. The first-order valence-corrected chi connectivity index (χ1v) is 13.8. The zero-order valence-corrected chi connectivity index (χ0v) is 33.2. The van der Waals surface area contributed by atoms with Gasteiger partial charge in [0.25, 0.3) is 6.47 Å². The SMILES string of the molecule is C1CCOC1.COC(=O)CBr.COC(=O)COc1cccc2ccccc12.O=CO[O-].Oc1cccc2ccccc12.[H-].[K+].[K+]. The molecule has 44 heavy (non-hydrogen) atoms. The molecule has 0 saturated carbocycles. The van der Waals surface area contributed by atoms with E-state index < -0.39 is 0 Å². The summed E-state index contributed by atoms with van der Waals surface area (Å²) in [5.74, 6) is 0.425. The van der Waals surface area contributed by atoms with Crippen LogP contribution >= 0.6 is 15.9 Å². The van der Waals surface area contributed by atoms with Crippen LogP contribution in [0.4, 0.5) is 0 Å². The molecule has 1 aliphatic rings. The molecule has 228 valence electrons. The predicted octanol–water partition coefficient (Wildman–Crippen LogP) is -1.16. The first-order chi connectivity index (χ1) is 20.4. The number of hydrogen-bond acceptors (Lipinski definition) is 10. The summed E-state index contributed by atoms with van der Waals surface area (Å²) in [5, 5.41) is 22.2. The van der Waals surface area contributed by atoms with E-state index in [2.05, 4.69) is 30.3 Å². The Morgan fingerprint density at radius 1 is 0.841 bits per heavy atom. The van der Waals surface area contributed by atoms with E-state index >= 15 is 0 Å².